The molecule has 0 spiro atoms. The summed E-state index contributed by atoms with van der Waals surface area (Å²) in [4.78, 5) is 15.8. The molecule has 1 aromatic carbocycles. The predicted octanol–water partition coefficient (Wildman–Crippen LogP) is 3.52. The zero-order chi connectivity index (χ0) is 21.9. The predicted molar refractivity (Wildman–Crippen MR) is 119 cm³/mol. The number of anilines is 1. The molecule has 2 fully saturated rings. The van der Waals surface area contributed by atoms with E-state index in [4.69, 9.17) is 14.7 Å². The molecule has 0 bridgehead atoms. The molecular weight excluding hydrogens is 414 g/mol. The fourth-order valence-corrected chi connectivity index (χ4v) is 4.58. The molecular formula is C23H28F2N6O. The third kappa shape index (κ3) is 4.45. The van der Waals surface area contributed by atoms with Crippen molar-refractivity contribution in [2.45, 2.75) is 32.1 Å². The van der Waals surface area contributed by atoms with Gasteiger partial charge in [0.15, 0.2) is 5.82 Å². The zero-order valence-electron chi connectivity index (χ0n) is 18.0. The van der Waals surface area contributed by atoms with Crippen LogP contribution in [0.25, 0.3) is 16.9 Å². The number of halogens is 2. The first-order valence-corrected chi connectivity index (χ1v) is 11.4. The molecule has 2 aromatic heterocycles. The minimum Gasteiger partial charge on any atom is -0.378 e. The number of morpholine rings is 1. The number of ether oxygens (including phenoxy) is 1. The monoisotopic (exact) mass is 442 g/mol. The SMILES string of the molecule is FC(F)c1nc2ccccc2n1-c1cc(CCCC2CCNC2)nc(N2CCOCC2)n1. The van der Waals surface area contributed by atoms with Gasteiger partial charge < -0.3 is 15.0 Å². The number of nitrogens with zero attached hydrogens (tertiary/aromatic N) is 5. The van der Waals surface area contributed by atoms with Crippen LogP contribution in [0.4, 0.5) is 14.7 Å². The average Bonchev–Trinajstić information content (AvgIpc) is 3.47. The highest BCUT2D eigenvalue weighted by Crippen LogP contribution is 2.28. The molecule has 2 saturated heterocycles. The number of imidazole rings is 1. The Kier molecular flexibility index (Phi) is 6.27. The third-order valence-electron chi connectivity index (χ3n) is 6.27. The van der Waals surface area contributed by atoms with Gasteiger partial charge in [-0.2, -0.15) is 4.98 Å². The lowest BCUT2D eigenvalue weighted by molar-refractivity contribution is 0.122. The Morgan fingerprint density at radius 1 is 1.12 bits per heavy atom. The van der Waals surface area contributed by atoms with Crippen LogP contribution in [0.5, 0.6) is 0 Å². The van der Waals surface area contributed by atoms with Crippen LogP contribution in [-0.4, -0.2) is 58.9 Å². The molecule has 32 heavy (non-hydrogen) atoms. The van der Waals surface area contributed by atoms with E-state index in [1.54, 1.807) is 18.2 Å². The number of fused-ring (bicyclic) bond motifs is 1. The van der Waals surface area contributed by atoms with Gasteiger partial charge in [-0.1, -0.05) is 12.1 Å². The number of aromatic nitrogens is 4. The van der Waals surface area contributed by atoms with E-state index in [-0.39, 0.29) is 5.82 Å². The first kappa shape index (κ1) is 21.2. The van der Waals surface area contributed by atoms with Gasteiger partial charge >= 0.3 is 0 Å². The second-order valence-electron chi connectivity index (χ2n) is 8.46. The van der Waals surface area contributed by atoms with Gasteiger partial charge in [-0.05, 0) is 56.8 Å². The van der Waals surface area contributed by atoms with Crippen LogP contribution in [0.2, 0.25) is 0 Å². The van der Waals surface area contributed by atoms with Crippen molar-refractivity contribution in [3.63, 3.8) is 0 Å². The summed E-state index contributed by atoms with van der Waals surface area (Å²) in [6.45, 7) is 4.74. The lowest BCUT2D eigenvalue weighted by Crippen LogP contribution is -2.37. The summed E-state index contributed by atoms with van der Waals surface area (Å²) in [5.74, 6) is 1.43. The van der Waals surface area contributed by atoms with E-state index in [9.17, 15) is 8.78 Å². The number of para-hydroxylation sites is 2. The lowest BCUT2D eigenvalue weighted by Gasteiger charge is -2.27. The molecule has 0 saturated carbocycles. The van der Waals surface area contributed by atoms with E-state index in [0.29, 0.717) is 55.0 Å². The number of benzene rings is 1. The normalized spacial score (nSPS) is 19.3. The number of nitrogens with one attached hydrogen (secondary N) is 1. The van der Waals surface area contributed by atoms with E-state index >= 15 is 0 Å². The van der Waals surface area contributed by atoms with Gasteiger partial charge in [0, 0.05) is 24.8 Å². The summed E-state index contributed by atoms with van der Waals surface area (Å²) < 4.78 is 34.8. The Bertz CT molecular complexity index is 1060. The van der Waals surface area contributed by atoms with Crippen LogP contribution in [0, 0.1) is 5.92 Å². The second-order valence-corrected chi connectivity index (χ2v) is 8.46. The van der Waals surface area contributed by atoms with Crippen molar-refractivity contribution in [1.82, 2.24) is 24.8 Å². The van der Waals surface area contributed by atoms with E-state index in [1.807, 2.05) is 12.1 Å². The van der Waals surface area contributed by atoms with E-state index in [1.165, 1.54) is 11.0 Å². The van der Waals surface area contributed by atoms with Crippen LogP contribution < -0.4 is 10.2 Å². The number of alkyl halides is 2. The van der Waals surface area contributed by atoms with Crippen LogP contribution >= 0.6 is 0 Å². The minimum atomic E-state index is -2.71. The van der Waals surface area contributed by atoms with Gasteiger partial charge in [0.25, 0.3) is 6.43 Å². The fraction of sp³-hybridized carbons (Fsp3) is 0.522. The minimum absolute atomic E-state index is 0.291. The maximum atomic E-state index is 13.9. The first-order chi connectivity index (χ1) is 15.7. The molecule has 1 unspecified atom stereocenters. The fourth-order valence-electron chi connectivity index (χ4n) is 4.58. The highest BCUT2D eigenvalue weighted by molar-refractivity contribution is 5.78. The van der Waals surface area contributed by atoms with Gasteiger partial charge in [-0.25, -0.2) is 18.7 Å². The third-order valence-corrected chi connectivity index (χ3v) is 6.27. The van der Waals surface area contributed by atoms with Gasteiger partial charge in [0.05, 0.1) is 24.2 Å². The Hall–Kier alpha value is -2.65. The van der Waals surface area contributed by atoms with E-state index in [0.717, 1.165) is 38.0 Å². The smallest absolute Gasteiger partial charge is 0.296 e. The summed E-state index contributed by atoms with van der Waals surface area (Å²) in [6, 6.07) is 9.03. The molecule has 1 N–H and O–H groups in total. The van der Waals surface area contributed by atoms with Crippen LogP contribution in [0.1, 0.15) is 37.2 Å². The molecule has 3 aromatic rings. The summed E-state index contributed by atoms with van der Waals surface area (Å²) in [6.07, 6.45) is 1.45. The van der Waals surface area contributed by atoms with Crippen molar-refractivity contribution in [3.05, 3.63) is 41.9 Å². The van der Waals surface area contributed by atoms with Crippen LogP contribution in [-0.2, 0) is 11.2 Å². The Labute approximate surface area is 185 Å². The summed E-state index contributed by atoms with van der Waals surface area (Å²) in [5, 5.41) is 3.41. The molecule has 0 amide bonds. The molecule has 0 aliphatic carbocycles. The topological polar surface area (TPSA) is 68.1 Å². The molecule has 4 heterocycles. The van der Waals surface area contributed by atoms with E-state index in [2.05, 4.69) is 15.2 Å². The van der Waals surface area contributed by atoms with Crippen molar-refractivity contribution in [1.29, 1.82) is 0 Å². The number of hydrogen-bond acceptors (Lipinski definition) is 6. The molecule has 7 nitrogen and oxygen atoms in total. The molecule has 170 valence electrons. The van der Waals surface area contributed by atoms with Crippen molar-refractivity contribution >= 4 is 17.0 Å². The molecule has 2 aliphatic heterocycles. The number of hydrogen-bond donors (Lipinski definition) is 1. The summed E-state index contributed by atoms with van der Waals surface area (Å²) in [7, 11) is 0. The maximum Gasteiger partial charge on any atom is 0.296 e. The summed E-state index contributed by atoms with van der Waals surface area (Å²) >= 11 is 0. The average molecular weight is 443 g/mol. The molecule has 0 radical (unpaired) electrons. The van der Waals surface area contributed by atoms with Crippen molar-refractivity contribution in [2.75, 3.05) is 44.3 Å². The Morgan fingerprint density at radius 3 is 2.75 bits per heavy atom. The van der Waals surface area contributed by atoms with E-state index < -0.39 is 6.43 Å². The van der Waals surface area contributed by atoms with Gasteiger partial charge in [-0.3, -0.25) is 4.57 Å². The highest BCUT2D eigenvalue weighted by Gasteiger charge is 2.23. The molecule has 2 aliphatic rings. The zero-order valence-corrected chi connectivity index (χ0v) is 18.0. The lowest BCUT2D eigenvalue weighted by atomic mass is 10.0. The standard InChI is InChI=1S/C23H28F2N6O/c24-21(25)22-28-18-6-1-2-7-19(18)31(22)20-14-17(5-3-4-16-8-9-26-15-16)27-23(29-20)30-10-12-32-13-11-30/h1-2,6-7,14,16,21,26H,3-5,8-13,15H2. The van der Waals surface area contributed by atoms with Gasteiger partial charge in [0.1, 0.15) is 5.82 Å². The molecule has 1 atom stereocenters. The quantitative estimate of drug-likeness (QED) is 0.604. The maximum absolute atomic E-state index is 13.9. The van der Waals surface area contributed by atoms with Crippen molar-refractivity contribution in [3.8, 4) is 5.82 Å². The van der Waals surface area contributed by atoms with Crippen molar-refractivity contribution in [2.24, 2.45) is 5.92 Å². The highest BCUT2D eigenvalue weighted by atomic mass is 19.3. The van der Waals surface area contributed by atoms with Gasteiger partial charge in [0.2, 0.25) is 5.95 Å². The molecule has 9 heteroatoms. The first-order valence-electron chi connectivity index (χ1n) is 11.4. The van der Waals surface area contributed by atoms with Gasteiger partial charge in [-0.15, -0.1) is 0 Å². The largest absolute Gasteiger partial charge is 0.378 e. The second kappa shape index (κ2) is 9.46. The molecule has 5 rings (SSSR count). The number of aryl methyl sites for hydroxylation is 1. The summed E-state index contributed by atoms with van der Waals surface area (Å²) in [5.41, 5.74) is 2.03. The van der Waals surface area contributed by atoms with Crippen LogP contribution in [0.3, 0.4) is 0 Å². The van der Waals surface area contributed by atoms with Crippen LogP contribution in [0.15, 0.2) is 30.3 Å². The Morgan fingerprint density at radius 2 is 1.97 bits per heavy atom. The number of rotatable bonds is 7. The Balaban J connectivity index is 1.52. The van der Waals surface area contributed by atoms with Crippen molar-refractivity contribution < 1.29 is 13.5 Å².